The van der Waals surface area contributed by atoms with Crippen LogP contribution in [-0.4, -0.2) is 35.4 Å². The summed E-state index contributed by atoms with van der Waals surface area (Å²) in [5.41, 5.74) is 2.53. The Morgan fingerprint density at radius 3 is 2.58 bits per heavy atom. The number of halogens is 1. The van der Waals surface area contributed by atoms with Crippen LogP contribution >= 0.6 is 11.6 Å². The zero-order valence-corrected chi connectivity index (χ0v) is 11.0. The van der Waals surface area contributed by atoms with Crippen molar-refractivity contribution in [3.63, 3.8) is 0 Å². The number of hydrogen-bond acceptors (Lipinski definition) is 3. The summed E-state index contributed by atoms with van der Waals surface area (Å²) >= 11 is 5.79. The molecule has 0 amide bonds. The van der Waals surface area contributed by atoms with Gasteiger partial charge in [-0.05, 0) is 5.57 Å². The van der Waals surface area contributed by atoms with E-state index in [1.165, 1.54) is 6.08 Å². The fraction of sp³-hybridized carbons (Fsp3) is 0.200. The molecule has 96 valence electrons. The van der Waals surface area contributed by atoms with Gasteiger partial charge in [0.2, 0.25) is 5.78 Å². The molecule has 3 rings (SSSR count). The third-order valence-corrected chi connectivity index (χ3v) is 3.79. The Hall–Kier alpha value is -1.87. The number of fused-ring (bicyclic) bond motifs is 1. The topological polar surface area (TPSA) is 37.4 Å². The number of nitrogens with zero attached hydrogens (tertiary/aromatic N) is 1. The van der Waals surface area contributed by atoms with Gasteiger partial charge in [0.05, 0.1) is 5.70 Å². The van der Waals surface area contributed by atoms with Gasteiger partial charge < -0.3 is 4.90 Å². The summed E-state index contributed by atoms with van der Waals surface area (Å²) in [5, 5.41) is 0. The first-order chi connectivity index (χ1) is 9.20. The second-order valence-electron chi connectivity index (χ2n) is 4.65. The maximum absolute atomic E-state index is 12.4. The van der Waals surface area contributed by atoms with E-state index in [2.05, 4.69) is 0 Å². The molecule has 1 aromatic carbocycles. The van der Waals surface area contributed by atoms with Crippen LogP contribution < -0.4 is 0 Å². The second kappa shape index (κ2) is 4.67. The molecule has 0 N–H and O–H groups in total. The van der Waals surface area contributed by atoms with Crippen molar-refractivity contribution in [3.8, 4) is 0 Å². The molecule has 0 atom stereocenters. The third-order valence-electron chi connectivity index (χ3n) is 3.44. The summed E-state index contributed by atoms with van der Waals surface area (Å²) in [6.07, 6.45) is 3.45. The first kappa shape index (κ1) is 12.2. The highest BCUT2D eigenvalue weighted by atomic mass is 35.5. The first-order valence-corrected chi connectivity index (χ1v) is 6.62. The van der Waals surface area contributed by atoms with Crippen molar-refractivity contribution in [2.24, 2.45) is 0 Å². The van der Waals surface area contributed by atoms with Gasteiger partial charge >= 0.3 is 0 Å². The quantitative estimate of drug-likeness (QED) is 0.613. The number of carbonyl (C=O) groups is 2. The molecule has 0 saturated heterocycles. The number of hydrogen-bond donors (Lipinski definition) is 0. The van der Waals surface area contributed by atoms with Crippen molar-refractivity contribution in [3.05, 3.63) is 58.8 Å². The van der Waals surface area contributed by atoms with Crippen molar-refractivity contribution in [1.29, 1.82) is 0 Å². The van der Waals surface area contributed by atoms with Gasteiger partial charge in [0.15, 0.2) is 5.78 Å². The zero-order valence-electron chi connectivity index (χ0n) is 10.2. The van der Waals surface area contributed by atoms with E-state index in [0.717, 1.165) is 5.57 Å². The third kappa shape index (κ3) is 2.00. The molecule has 0 spiro atoms. The Morgan fingerprint density at radius 1 is 1.16 bits per heavy atom. The number of rotatable bonds is 2. The summed E-state index contributed by atoms with van der Waals surface area (Å²) in [6, 6.07) is 6.94. The van der Waals surface area contributed by atoms with E-state index in [1.54, 1.807) is 24.3 Å². The van der Waals surface area contributed by atoms with E-state index in [1.807, 2.05) is 11.0 Å². The molecule has 0 radical (unpaired) electrons. The van der Waals surface area contributed by atoms with Crippen LogP contribution in [0.1, 0.15) is 20.7 Å². The highest BCUT2D eigenvalue weighted by Crippen LogP contribution is 2.26. The second-order valence-corrected chi connectivity index (χ2v) is 4.91. The molecule has 0 fully saturated rings. The van der Waals surface area contributed by atoms with E-state index in [-0.39, 0.29) is 11.6 Å². The van der Waals surface area contributed by atoms with Crippen LogP contribution in [0.25, 0.3) is 0 Å². The molecule has 0 aromatic heterocycles. The molecular formula is C15H12ClNO2. The van der Waals surface area contributed by atoms with E-state index >= 15 is 0 Å². The van der Waals surface area contributed by atoms with E-state index in [0.29, 0.717) is 35.8 Å². The van der Waals surface area contributed by atoms with Crippen molar-refractivity contribution in [1.82, 2.24) is 4.90 Å². The molecule has 2 aliphatic rings. The van der Waals surface area contributed by atoms with Gasteiger partial charge in [-0.2, -0.15) is 0 Å². The van der Waals surface area contributed by atoms with Crippen molar-refractivity contribution >= 4 is 23.2 Å². The minimum Gasteiger partial charge on any atom is -0.360 e. The summed E-state index contributed by atoms with van der Waals surface area (Å²) in [6.45, 7) is 1.26. The van der Waals surface area contributed by atoms with Crippen LogP contribution in [0.4, 0.5) is 0 Å². The van der Waals surface area contributed by atoms with Crippen LogP contribution in [0.15, 0.2) is 47.7 Å². The SMILES string of the molecule is O=C1C=C(N2CC=C(CCl)C2)C(=O)c2ccccc21. The number of alkyl halides is 1. The summed E-state index contributed by atoms with van der Waals surface area (Å²) < 4.78 is 0. The molecule has 1 heterocycles. The summed E-state index contributed by atoms with van der Waals surface area (Å²) in [5.74, 6) is 0.270. The normalized spacial score (nSPS) is 18.3. The molecule has 3 nitrogen and oxygen atoms in total. The van der Waals surface area contributed by atoms with Gasteiger partial charge in [0, 0.05) is 36.2 Å². The molecule has 0 bridgehead atoms. The average Bonchev–Trinajstić information content (AvgIpc) is 2.91. The maximum atomic E-state index is 12.4. The molecule has 19 heavy (non-hydrogen) atoms. The number of carbonyl (C=O) groups excluding carboxylic acids is 2. The van der Waals surface area contributed by atoms with E-state index in [4.69, 9.17) is 11.6 Å². The van der Waals surface area contributed by atoms with Gasteiger partial charge in [-0.3, -0.25) is 9.59 Å². The van der Waals surface area contributed by atoms with E-state index < -0.39 is 0 Å². The number of allylic oxidation sites excluding steroid dienone is 2. The smallest absolute Gasteiger partial charge is 0.209 e. The Morgan fingerprint density at radius 2 is 1.89 bits per heavy atom. The first-order valence-electron chi connectivity index (χ1n) is 6.09. The standard InChI is InChI=1S/C15H12ClNO2/c16-8-10-5-6-17(9-10)13-7-14(18)11-3-1-2-4-12(11)15(13)19/h1-5,7H,6,8-9H2. The Balaban J connectivity index is 1.94. The molecule has 0 unspecified atom stereocenters. The molecule has 0 saturated carbocycles. The number of ketones is 2. The zero-order chi connectivity index (χ0) is 13.4. The molecule has 4 heteroatoms. The van der Waals surface area contributed by atoms with Gasteiger partial charge in [-0.15, -0.1) is 11.6 Å². The minimum absolute atomic E-state index is 0.0839. The predicted octanol–water partition coefficient (Wildman–Crippen LogP) is 2.43. The van der Waals surface area contributed by atoms with Crippen LogP contribution in [0.5, 0.6) is 0 Å². The van der Waals surface area contributed by atoms with Gasteiger partial charge in [-0.25, -0.2) is 0 Å². The molecule has 1 aliphatic carbocycles. The minimum atomic E-state index is -0.107. The lowest BCUT2D eigenvalue weighted by Crippen LogP contribution is -2.30. The predicted molar refractivity (Wildman–Crippen MR) is 73.6 cm³/mol. The lowest BCUT2D eigenvalue weighted by Gasteiger charge is -2.24. The highest BCUT2D eigenvalue weighted by Gasteiger charge is 2.29. The molecule has 1 aromatic rings. The maximum Gasteiger partial charge on any atom is 0.209 e. The Bertz CT molecular complexity index is 631. The monoisotopic (exact) mass is 273 g/mol. The lowest BCUT2D eigenvalue weighted by molar-refractivity contribution is 0.0958. The number of benzene rings is 1. The van der Waals surface area contributed by atoms with Crippen molar-refractivity contribution < 1.29 is 9.59 Å². The van der Waals surface area contributed by atoms with Crippen LogP contribution in [0.2, 0.25) is 0 Å². The average molecular weight is 274 g/mol. The lowest BCUT2D eigenvalue weighted by atomic mass is 9.92. The van der Waals surface area contributed by atoms with Gasteiger partial charge in [0.25, 0.3) is 0 Å². The number of Topliss-reactive ketones (excluding diaryl/α,β-unsaturated/α-hetero) is 1. The Labute approximate surface area is 116 Å². The van der Waals surface area contributed by atoms with Crippen molar-refractivity contribution in [2.45, 2.75) is 0 Å². The van der Waals surface area contributed by atoms with Crippen LogP contribution in [0, 0.1) is 0 Å². The summed E-state index contributed by atoms with van der Waals surface area (Å²) in [4.78, 5) is 26.4. The molecular weight excluding hydrogens is 262 g/mol. The fourth-order valence-electron chi connectivity index (χ4n) is 2.43. The Kier molecular flexibility index (Phi) is 2.99. The van der Waals surface area contributed by atoms with Gasteiger partial charge in [-0.1, -0.05) is 30.3 Å². The highest BCUT2D eigenvalue weighted by molar-refractivity contribution is 6.24. The van der Waals surface area contributed by atoms with E-state index in [9.17, 15) is 9.59 Å². The largest absolute Gasteiger partial charge is 0.360 e. The fourth-order valence-corrected chi connectivity index (χ4v) is 2.62. The molecule has 1 aliphatic heterocycles. The van der Waals surface area contributed by atoms with Crippen LogP contribution in [-0.2, 0) is 0 Å². The van der Waals surface area contributed by atoms with Crippen molar-refractivity contribution in [2.75, 3.05) is 19.0 Å². The van der Waals surface area contributed by atoms with Gasteiger partial charge in [0.1, 0.15) is 0 Å². The van der Waals surface area contributed by atoms with Crippen LogP contribution in [0.3, 0.4) is 0 Å². The summed E-state index contributed by atoms with van der Waals surface area (Å²) in [7, 11) is 0.